The maximum absolute atomic E-state index is 12.6. The molecule has 0 aliphatic carbocycles. The minimum Gasteiger partial charge on any atom is -0.481 e. The van der Waals surface area contributed by atoms with Crippen molar-refractivity contribution in [1.29, 1.82) is 0 Å². The largest absolute Gasteiger partial charge is 0.481 e. The van der Waals surface area contributed by atoms with Gasteiger partial charge in [-0.25, -0.2) is 0 Å². The highest BCUT2D eigenvalue weighted by Gasteiger charge is 2.29. The number of hydrogen-bond acceptors (Lipinski definition) is 5. The number of ether oxygens (including phenoxy) is 1. The summed E-state index contributed by atoms with van der Waals surface area (Å²) in [7, 11) is 1.63. The van der Waals surface area contributed by atoms with E-state index >= 15 is 0 Å². The first kappa shape index (κ1) is 15.5. The average molecular weight is 321 g/mol. The zero-order valence-corrected chi connectivity index (χ0v) is 13.8. The third-order valence-corrected chi connectivity index (χ3v) is 5.35. The molecule has 0 radical (unpaired) electrons. The first-order valence-corrected chi connectivity index (χ1v) is 9.06. The fraction of sp³-hybridized carbons (Fsp3) is 0.625. The monoisotopic (exact) mass is 321 g/mol. The molecule has 3 rings (SSSR count). The fourth-order valence-electron chi connectivity index (χ4n) is 3.09. The molecule has 0 N–H and O–H groups in total. The minimum absolute atomic E-state index is 0.185. The van der Waals surface area contributed by atoms with E-state index in [1.54, 1.807) is 7.11 Å². The van der Waals surface area contributed by atoms with E-state index in [1.807, 2.05) is 30.0 Å². The summed E-state index contributed by atoms with van der Waals surface area (Å²) in [5.74, 6) is 4.29. The van der Waals surface area contributed by atoms with Crippen LogP contribution in [0.2, 0.25) is 0 Å². The molecule has 2 fully saturated rings. The van der Waals surface area contributed by atoms with E-state index in [0.717, 1.165) is 56.3 Å². The van der Waals surface area contributed by atoms with Crippen LogP contribution in [-0.4, -0.2) is 60.6 Å². The summed E-state index contributed by atoms with van der Waals surface area (Å²) in [6, 6.07) is 5.82. The number of methoxy groups -OCH3 is 1. The molecule has 1 aromatic heterocycles. The molecule has 0 spiro atoms. The molecule has 0 unspecified atom stereocenters. The van der Waals surface area contributed by atoms with Crippen molar-refractivity contribution in [3.63, 3.8) is 0 Å². The van der Waals surface area contributed by atoms with Crippen LogP contribution in [-0.2, 0) is 4.79 Å². The predicted molar refractivity (Wildman–Crippen MR) is 89.6 cm³/mol. The van der Waals surface area contributed by atoms with Gasteiger partial charge in [0.05, 0.1) is 7.11 Å². The molecule has 1 amide bonds. The highest BCUT2D eigenvalue weighted by atomic mass is 32.2. The second-order valence-corrected chi connectivity index (χ2v) is 6.96. The highest BCUT2D eigenvalue weighted by molar-refractivity contribution is 7.99. The molecule has 0 aromatic carbocycles. The quantitative estimate of drug-likeness (QED) is 0.851. The number of amides is 1. The Kier molecular flexibility index (Phi) is 5.08. The summed E-state index contributed by atoms with van der Waals surface area (Å²) >= 11 is 1.94. The van der Waals surface area contributed by atoms with Crippen molar-refractivity contribution in [2.75, 3.05) is 49.7 Å². The van der Waals surface area contributed by atoms with Crippen LogP contribution in [0.25, 0.3) is 0 Å². The number of piperidine rings is 1. The van der Waals surface area contributed by atoms with Gasteiger partial charge in [0.1, 0.15) is 5.82 Å². The predicted octanol–water partition coefficient (Wildman–Crippen LogP) is 1.88. The molecule has 0 saturated carbocycles. The number of hydrogen-bond donors (Lipinski definition) is 0. The molecular weight excluding hydrogens is 298 g/mol. The third-order valence-electron chi connectivity index (χ3n) is 4.41. The third kappa shape index (κ3) is 3.48. The Morgan fingerprint density at radius 1 is 1.23 bits per heavy atom. The topological polar surface area (TPSA) is 45.7 Å². The van der Waals surface area contributed by atoms with Gasteiger partial charge in [-0.15, -0.1) is 0 Å². The Bertz CT molecular complexity index is 512. The van der Waals surface area contributed by atoms with Gasteiger partial charge >= 0.3 is 0 Å². The molecule has 6 heteroatoms. The van der Waals surface area contributed by atoms with Crippen molar-refractivity contribution < 1.29 is 9.53 Å². The van der Waals surface area contributed by atoms with Gasteiger partial charge in [0.25, 0.3) is 0 Å². The number of aromatic nitrogens is 1. The number of pyridine rings is 1. The molecule has 1 aromatic rings. The number of anilines is 1. The lowest BCUT2D eigenvalue weighted by atomic mass is 9.95. The fourth-order valence-corrected chi connectivity index (χ4v) is 3.99. The maximum Gasteiger partial charge on any atom is 0.225 e. The van der Waals surface area contributed by atoms with Gasteiger partial charge in [-0.05, 0) is 18.9 Å². The van der Waals surface area contributed by atoms with Crippen LogP contribution < -0.4 is 9.64 Å². The summed E-state index contributed by atoms with van der Waals surface area (Å²) in [5.41, 5.74) is 0. The summed E-state index contributed by atoms with van der Waals surface area (Å²) in [4.78, 5) is 21.3. The van der Waals surface area contributed by atoms with Crippen LogP contribution in [0.15, 0.2) is 18.2 Å². The summed E-state index contributed by atoms with van der Waals surface area (Å²) in [5, 5.41) is 0. The minimum atomic E-state index is 0.185. The van der Waals surface area contributed by atoms with Gasteiger partial charge in [-0.1, -0.05) is 6.07 Å². The van der Waals surface area contributed by atoms with Crippen LogP contribution >= 0.6 is 11.8 Å². The SMILES string of the molecule is COc1cccc(N2CCC(C(=O)N3CCSCC3)CC2)n1. The number of thioether (sulfide) groups is 1. The molecule has 22 heavy (non-hydrogen) atoms. The average Bonchev–Trinajstić information content (AvgIpc) is 2.62. The van der Waals surface area contributed by atoms with Gasteiger partial charge in [-0.2, -0.15) is 16.7 Å². The smallest absolute Gasteiger partial charge is 0.225 e. The Morgan fingerprint density at radius 3 is 2.64 bits per heavy atom. The van der Waals surface area contributed by atoms with Crippen LogP contribution in [0, 0.1) is 5.92 Å². The van der Waals surface area contributed by atoms with E-state index in [2.05, 4.69) is 14.8 Å². The number of nitrogens with zero attached hydrogens (tertiary/aromatic N) is 3. The van der Waals surface area contributed by atoms with E-state index in [0.29, 0.717) is 11.8 Å². The van der Waals surface area contributed by atoms with E-state index in [9.17, 15) is 4.79 Å². The highest BCUT2D eigenvalue weighted by Crippen LogP contribution is 2.25. The van der Waals surface area contributed by atoms with Crippen LogP contribution in [0.3, 0.4) is 0 Å². The molecule has 120 valence electrons. The second kappa shape index (κ2) is 7.22. The molecular formula is C16H23N3O2S. The van der Waals surface area contributed by atoms with Gasteiger partial charge in [0, 0.05) is 49.7 Å². The molecule has 5 nitrogen and oxygen atoms in total. The van der Waals surface area contributed by atoms with Gasteiger partial charge in [0.15, 0.2) is 0 Å². The number of carbonyl (C=O) groups excluding carboxylic acids is 1. The Balaban J connectivity index is 1.56. The van der Waals surface area contributed by atoms with E-state index in [1.165, 1.54) is 0 Å². The first-order chi connectivity index (χ1) is 10.8. The first-order valence-electron chi connectivity index (χ1n) is 7.90. The van der Waals surface area contributed by atoms with Crippen molar-refractivity contribution in [3.8, 4) is 5.88 Å². The van der Waals surface area contributed by atoms with Gasteiger partial charge < -0.3 is 14.5 Å². The van der Waals surface area contributed by atoms with Gasteiger partial charge in [0.2, 0.25) is 11.8 Å². The van der Waals surface area contributed by atoms with E-state index < -0.39 is 0 Å². The van der Waals surface area contributed by atoms with Gasteiger partial charge in [-0.3, -0.25) is 4.79 Å². The lowest BCUT2D eigenvalue weighted by molar-refractivity contribution is -0.135. The standard InChI is InChI=1S/C16H23N3O2S/c1-21-15-4-2-3-14(17-15)18-7-5-13(6-8-18)16(20)19-9-11-22-12-10-19/h2-4,13H,5-12H2,1H3. The lowest BCUT2D eigenvalue weighted by Crippen LogP contribution is -2.45. The Hall–Kier alpha value is -1.43. The second-order valence-electron chi connectivity index (χ2n) is 5.74. The summed E-state index contributed by atoms with van der Waals surface area (Å²) < 4.78 is 5.18. The molecule has 2 saturated heterocycles. The zero-order chi connectivity index (χ0) is 15.4. The molecule has 0 atom stereocenters. The Morgan fingerprint density at radius 2 is 1.95 bits per heavy atom. The van der Waals surface area contributed by atoms with Crippen molar-refractivity contribution in [3.05, 3.63) is 18.2 Å². The van der Waals surface area contributed by atoms with E-state index in [4.69, 9.17) is 4.74 Å². The molecule has 3 heterocycles. The molecule has 0 bridgehead atoms. The summed E-state index contributed by atoms with van der Waals surface area (Å²) in [6.45, 7) is 3.61. The Labute approximate surface area is 136 Å². The zero-order valence-electron chi connectivity index (χ0n) is 13.0. The number of rotatable bonds is 3. The van der Waals surface area contributed by atoms with Crippen LogP contribution in [0.5, 0.6) is 5.88 Å². The van der Waals surface area contributed by atoms with Crippen molar-refractivity contribution in [1.82, 2.24) is 9.88 Å². The van der Waals surface area contributed by atoms with Crippen molar-refractivity contribution in [2.24, 2.45) is 5.92 Å². The maximum atomic E-state index is 12.6. The van der Waals surface area contributed by atoms with Crippen molar-refractivity contribution >= 4 is 23.5 Å². The molecule has 2 aliphatic heterocycles. The van der Waals surface area contributed by atoms with Crippen LogP contribution in [0.4, 0.5) is 5.82 Å². The van der Waals surface area contributed by atoms with Crippen molar-refractivity contribution in [2.45, 2.75) is 12.8 Å². The normalized spacial score (nSPS) is 20.0. The summed E-state index contributed by atoms with van der Waals surface area (Å²) in [6.07, 6.45) is 1.84. The van der Waals surface area contributed by atoms with Crippen LogP contribution in [0.1, 0.15) is 12.8 Å². The lowest BCUT2D eigenvalue weighted by Gasteiger charge is -2.36. The van der Waals surface area contributed by atoms with E-state index in [-0.39, 0.29) is 5.92 Å². The molecule has 2 aliphatic rings. The number of carbonyl (C=O) groups is 1.